The lowest BCUT2D eigenvalue weighted by atomic mass is 10.1. The highest BCUT2D eigenvalue weighted by molar-refractivity contribution is 6.07. The lowest BCUT2D eigenvalue weighted by Crippen LogP contribution is -2.26. The summed E-state index contributed by atoms with van der Waals surface area (Å²) in [5.74, 6) is -0.646. The van der Waals surface area contributed by atoms with Crippen LogP contribution in [0.2, 0.25) is 0 Å². The summed E-state index contributed by atoms with van der Waals surface area (Å²) >= 11 is 0. The lowest BCUT2D eigenvalue weighted by molar-refractivity contribution is -0.384. The predicted molar refractivity (Wildman–Crippen MR) is 107 cm³/mol. The summed E-state index contributed by atoms with van der Waals surface area (Å²) in [6.45, 7) is 0. The van der Waals surface area contributed by atoms with Gasteiger partial charge in [-0.3, -0.25) is 19.7 Å². The second kappa shape index (κ2) is 8.13. The fourth-order valence-electron chi connectivity index (χ4n) is 2.62. The summed E-state index contributed by atoms with van der Waals surface area (Å²) in [5.41, 5.74) is 1.75. The van der Waals surface area contributed by atoms with Crippen LogP contribution in [0.4, 0.5) is 17.1 Å². The first-order valence-electron chi connectivity index (χ1n) is 8.44. The summed E-state index contributed by atoms with van der Waals surface area (Å²) in [6, 6.07) is 21.2. The quantitative estimate of drug-likeness (QED) is 0.536. The average molecular weight is 375 g/mol. The van der Waals surface area contributed by atoms with Crippen LogP contribution >= 0.6 is 0 Å². The van der Waals surface area contributed by atoms with Gasteiger partial charge in [-0.1, -0.05) is 24.3 Å². The maximum Gasteiger partial charge on any atom is 0.270 e. The molecule has 7 nitrogen and oxygen atoms in total. The van der Waals surface area contributed by atoms with Crippen molar-refractivity contribution in [2.24, 2.45) is 0 Å². The number of non-ortho nitro benzene ring substituents is 1. The first-order chi connectivity index (χ1) is 13.5. The van der Waals surface area contributed by atoms with Gasteiger partial charge in [0.25, 0.3) is 17.5 Å². The highest BCUT2D eigenvalue weighted by Crippen LogP contribution is 2.18. The van der Waals surface area contributed by atoms with Gasteiger partial charge < -0.3 is 10.2 Å². The highest BCUT2D eigenvalue weighted by atomic mass is 16.6. The zero-order valence-corrected chi connectivity index (χ0v) is 15.0. The normalized spacial score (nSPS) is 10.2. The summed E-state index contributed by atoms with van der Waals surface area (Å²) in [6.07, 6.45) is 0. The van der Waals surface area contributed by atoms with Gasteiger partial charge in [-0.05, 0) is 42.5 Å². The molecule has 0 saturated heterocycles. The maximum absolute atomic E-state index is 12.6. The van der Waals surface area contributed by atoms with E-state index in [1.807, 2.05) is 30.3 Å². The number of benzene rings is 3. The molecule has 0 fully saturated rings. The molecular weight excluding hydrogens is 358 g/mol. The average Bonchev–Trinajstić information content (AvgIpc) is 2.74. The van der Waals surface area contributed by atoms with E-state index in [4.69, 9.17) is 0 Å². The molecule has 3 aromatic rings. The van der Waals surface area contributed by atoms with E-state index in [1.54, 1.807) is 31.3 Å². The van der Waals surface area contributed by atoms with Crippen LogP contribution in [0.5, 0.6) is 0 Å². The van der Waals surface area contributed by atoms with E-state index in [0.29, 0.717) is 11.3 Å². The Kier molecular flexibility index (Phi) is 5.45. The summed E-state index contributed by atoms with van der Waals surface area (Å²) in [7, 11) is 1.69. The third kappa shape index (κ3) is 4.21. The molecule has 0 spiro atoms. The fraction of sp³-hybridized carbons (Fsp3) is 0.0476. The van der Waals surface area contributed by atoms with E-state index in [9.17, 15) is 19.7 Å². The molecule has 0 aliphatic carbocycles. The van der Waals surface area contributed by atoms with Gasteiger partial charge in [-0.15, -0.1) is 0 Å². The molecule has 7 heteroatoms. The number of nitro groups is 1. The Labute approximate surface area is 161 Å². The number of nitrogens with one attached hydrogen (secondary N) is 1. The minimum absolute atomic E-state index is 0.155. The van der Waals surface area contributed by atoms with Crippen molar-refractivity contribution in [2.75, 3.05) is 17.3 Å². The van der Waals surface area contributed by atoms with Gasteiger partial charge in [0.1, 0.15) is 0 Å². The van der Waals surface area contributed by atoms with E-state index in [1.165, 1.54) is 29.2 Å². The fourth-order valence-corrected chi connectivity index (χ4v) is 2.62. The second-order valence-electron chi connectivity index (χ2n) is 6.04. The van der Waals surface area contributed by atoms with Crippen LogP contribution in [0.3, 0.4) is 0 Å². The molecule has 0 unspecified atom stereocenters. The Morgan fingerprint density at radius 1 is 0.893 bits per heavy atom. The second-order valence-corrected chi connectivity index (χ2v) is 6.04. The molecule has 1 N–H and O–H groups in total. The predicted octanol–water partition coefficient (Wildman–Crippen LogP) is 4.12. The molecule has 3 rings (SSSR count). The monoisotopic (exact) mass is 375 g/mol. The zero-order chi connectivity index (χ0) is 20.1. The number of carbonyl (C=O) groups excluding carboxylic acids is 2. The van der Waals surface area contributed by atoms with Crippen LogP contribution in [0.15, 0.2) is 78.9 Å². The van der Waals surface area contributed by atoms with Crippen LogP contribution in [0.25, 0.3) is 0 Å². The molecule has 2 amide bonds. The van der Waals surface area contributed by atoms with Crippen LogP contribution in [0, 0.1) is 10.1 Å². The third-order valence-corrected chi connectivity index (χ3v) is 4.16. The number of amides is 2. The van der Waals surface area contributed by atoms with Crippen molar-refractivity contribution in [3.63, 3.8) is 0 Å². The first-order valence-corrected chi connectivity index (χ1v) is 8.44. The molecule has 0 radical (unpaired) electrons. The molecule has 0 aromatic heterocycles. The first kappa shape index (κ1) is 18.8. The number of nitrogens with zero attached hydrogens (tertiary/aromatic N) is 2. The summed E-state index contributed by atoms with van der Waals surface area (Å²) < 4.78 is 0. The third-order valence-electron chi connectivity index (χ3n) is 4.16. The number of rotatable bonds is 5. The van der Waals surface area contributed by atoms with Crippen LogP contribution in [-0.4, -0.2) is 23.8 Å². The number of anilines is 2. The SMILES string of the molecule is CN(C(=O)c1ccc(NC(=O)c2cccc([N+](=O)[O-])c2)cc1)c1ccccc1. The van der Waals surface area contributed by atoms with E-state index >= 15 is 0 Å². The van der Waals surface area contributed by atoms with Gasteiger partial charge in [-0.2, -0.15) is 0 Å². The molecular formula is C21H17N3O4. The van der Waals surface area contributed by atoms with E-state index in [2.05, 4.69) is 5.32 Å². The number of carbonyl (C=O) groups is 2. The Hall–Kier alpha value is -4.00. The Bertz CT molecular complexity index is 1020. The largest absolute Gasteiger partial charge is 0.322 e. The van der Waals surface area contributed by atoms with Gasteiger partial charge in [0.05, 0.1) is 4.92 Å². The zero-order valence-electron chi connectivity index (χ0n) is 15.0. The topological polar surface area (TPSA) is 92.6 Å². The Morgan fingerprint density at radius 3 is 2.21 bits per heavy atom. The van der Waals surface area contributed by atoms with E-state index < -0.39 is 10.8 Å². The van der Waals surface area contributed by atoms with E-state index in [0.717, 1.165) is 5.69 Å². The molecule has 0 aliphatic heterocycles. The van der Waals surface area contributed by atoms with Crippen molar-refractivity contribution < 1.29 is 14.5 Å². The van der Waals surface area contributed by atoms with Gasteiger partial charge in [0, 0.05) is 41.7 Å². The molecule has 0 aliphatic rings. The minimum Gasteiger partial charge on any atom is -0.322 e. The Morgan fingerprint density at radius 2 is 1.57 bits per heavy atom. The van der Waals surface area contributed by atoms with Crippen molar-refractivity contribution in [2.45, 2.75) is 0 Å². The summed E-state index contributed by atoms with van der Waals surface area (Å²) in [4.78, 5) is 36.7. The number of para-hydroxylation sites is 1. The number of hydrogen-bond donors (Lipinski definition) is 1. The number of nitro benzene ring substituents is 1. The molecule has 0 heterocycles. The standard InChI is InChI=1S/C21H17N3O4/c1-23(18-7-3-2-4-8-18)21(26)15-10-12-17(13-11-15)22-20(25)16-6-5-9-19(14-16)24(27)28/h2-14H,1H3,(H,22,25). The van der Waals surface area contributed by atoms with Gasteiger partial charge in [0.15, 0.2) is 0 Å². The van der Waals surface area contributed by atoms with Crippen LogP contribution < -0.4 is 10.2 Å². The highest BCUT2D eigenvalue weighted by Gasteiger charge is 2.14. The lowest BCUT2D eigenvalue weighted by Gasteiger charge is -2.17. The molecule has 0 bridgehead atoms. The van der Waals surface area contributed by atoms with Crippen molar-refractivity contribution in [1.82, 2.24) is 0 Å². The van der Waals surface area contributed by atoms with Crippen LogP contribution in [0.1, 0.15) is 20.7 Å². The molecule has 140 valence electrons. The van der Waals surface area contributed by atoms with Crippen molar-refractivity contribution >= 4 is 28.9 Å². The molecule has 0 saturated carbocycles. The van der Waals surface area contributed by atoms with E-state index in [-0.39, 0.29) is 17.2 Å². The Balaban J connectivity index is 1.70. The summed E-state index contributed by atoms with van der Waals surface area (Å²) in [5, 5.41) is 13.5. The smallest absolute Gasteiger partial charge is 0.270 e. The molecule has 3 aromatic carbocycles. The number of hydrogen-bond acceptors (Lipinski definition) is 4. The van der Waals surface area contributed by atoms with Crippen molar-refractivity contribution in [3.8, 4) is 0 Å². The van der Waals surface area contributed by atoms with Crippen LogP contribution in [-0.2, 0) is 0 Å². The van der Waals surface area contributed by atoms with Crippen molar-refractivity contribution in [3.05, 3.63) is 100 Å². The van der Waals surface area contributed by atoms with Gasteiger partial charge >= 0.3 is 0 Å². The maximum atomic E-state index is 12.6. The minimum atomic E-state index is -0.555. The molecule has 0 atom stereocenters. The van der Waals surface area contributed by atoms with Crippen molar-refractivity contribution in [1.29, 1.82) is 0 Å². The van der Waals surface area contributed by atoms with Gasteiger partial charge in [-0.25, -0.2) is 0 Å². The molecule has 28 heavy (non-hydrogen) atoms. The van der Waals surface area contributed by atoms with Gasteiger partial charge in [0.2, 0.25) is 0 Å².